The van der Waals surface area contributed by atoms with Gasteiger partial charge in [0.25, 0.3) is 0 Å². The van der Waals surface area contributed by atoms with Gasteiger partial charge in [0.1, 0.15) is 5.58 Å². The van der Waals surface area contributed by atoms with Gasteiger partial charge >= 0.3 is 0 Å². The topological polar surface area (TPSA) is 30.2 Å². The van der Waals surface area contributed by atoms with Crippen LogP contribution in [0.15, 0.2) is 28.7 Å². The maximum atomic E-state index is 12.4. The zero-order chi connectivity index (χ0) is 13.4. The van der Waals surface area contributed by atoms with Crippen molar-refractivity contribution in [2.45, 2.75) is 32.6 Å². The van der Waals surface area contributed by atoms with Crippen molar-refractivity contribution in [3.05, 3.63) is 35.0 Å². The first-order valence-electron chi connectivity index (χ1n) is 6.90. The molecule has 0 amide bonds. The molecule has 1 aromatic carbocycles. The molecule has 0 aliphatic heterocycles. The number of ketones is 1. The molecule has 0 spiro atoms. The van der Waals surface area contributed by atoms with Crippen LogP contribution in [-0.4, -0.2) is 5.78 Å². The highest BCUT2D eigenvalue weighted by Crippen LogP contribution is 2.36. The summed E-state index contributed by atoms with van der Waals surface area (Å²) in [6, 6.07) is 7.26. The van der Waals surface area contributed by atoms with Gasteiger partial charge in [-0.2, -0.15) is 0 Å². The fourth-order valence-electron chi connectivity index (χ4n) is 3.02. The Labute approximate surface area is 117 Å². The van der Waals surface area contributed by atoms with Gasteiger partial charge in [0.15, 0.2) is 5.76 Å². The average Bonchev–Trinajstić information content (AvgIpc) is 3.03. The highest BCUT2D eigenvalue weighted by molar-refractivity contribution is 6.31. The molecule has 2 nitrogen and oxygen atoms in total. The first-order chi connectivity index (χ1) is 9.17. The Morgan fingerprint density at radius 1 is 1.37 bits per heavy atom. The Kier molecular flexibility index (Phi) is 3.36. The van der Waals surface area contributed by atoms with Crippen LogP contribution in [-0.2, 0) is 0 Å². The van der Waals surface area contributed by atoms with Crippen LogP contribution < -0.4 is 0 Å². The third-order valence-corrected chi connectivity index (χ3v) is 4.45. The lowest BCUT2D eigenvalue weighted by atomic mass is 9.98. The van der Waals surface area contributed by atoms with Gasteiger partial charge in [0.2, 0.25) is 5.78 Å². The highest BCUT2D eigenvalue weighted by atomic mass is 35.5. The standard InChI is InChI=1S/C16H17ClO2/c1-2-10-3-4-11(7-10)16(18)15-9-12-8-13(17)5-6-14(12)19-15/h5-6,8-11H,2-4,7H2,1H3. The van der Waals surface area contributed by atoms with Crippen molar-refractivity contribution in [3.8, 4) is 0 Å². The molecule has 0 radical (unpaired) electrons. The zero-order valence-electron chi connectivity index (χ0n) is 11.0. The molecule has 1 heterocycles. The summed E-state index contributed by atoms with van der Waals surface area (Å²) in [5.41, 5.74) is 0.734. The Morgan fingerprint density at radius 2 is 2.21 bits per heavy atom. The molecule has 1 aromatic heterocycles. The number of fused-ring (bicyclic) bond motifs is 1. The van der Waals surface area contributed by atoms with Crippen molar-refractivity contribution < 1.29 is 9.21 Å². The van der Waals surface area contributed by atoms with E-state index in [-0.39, 0.29) is 11.7 Å². The molecule has 0 saturated heterocycles. The molecule has 2 unspecified atom stereocenters. The summed E-state index contributed by atoms with van der Waals surface area (Å²) < 4.78 is 5.66. The van der Waals surface area contributed by atoms with Crippen LogP contribution in [0.25, 0.3) is 11.0 Å². The van der Waals surface area contributed by atoms with Gasteiger partial charge in [-0.05, 0) is 49.4 Å². The van der Waals surface area contributed by atoms with Crippen molar-refractivity contribution in [2.24, 2.45) is 11.8 Å². The third kappa shape index (κ3) is 2.42. The molecule has 0 N–H and O–H groups in total. The molecule has 3 rings (SSSR count). The van der Waals surface area contributed by atoms with E-state index in [1.807, 2.05) is 18.2 Å². The van der Waals surface area contributed by atoms with Crippen molar-refractivity contribution in [1.29, 1.82) is 0 Å². The fraction of sp³-hybridized carbons (Fsp3) is 0.438. The number of halogens is 1. The molecule has 3 heteroatoms. The van der Waals surface area contributed by atoms with Crippen LogP contribution in [0.1, 0.15) is 43.2 Å². The molecule has 1 aliphatic carbocycles. The van der Waals surface area contributed by atoms with E-state index < -0.39 is 0 Å². The van der Waals surface area contributed by atoms with Gasteiger partial charge in [-0.25, -0.2) is 0 Å². The van der Waals surface area contributed by atoms with E-state index in [0.29, 0.717) is 16.7 Å². The molecule has 100 valence electrons. The smallest absolute Gasteiger partial charge is 0.201 e. The zero-order valence-corrected chi connectivity index (χ0v) is 11.7. The lowest BCUT2D eigenvalue weighted by molar-refractivity contribution is 0.0893. The van der Waals surface area contributed by atoms with E-state index in [4.69, 9.17) is 16.0 Å². The lowest BCUT2D eigenvalue weighted by Crippen LogP contribution is -2.10. The molecule has 1 saturated carbocycles. The summed E-state index contributed by atoms with van der Waals surface area (Å²) in [4.78, 5) is 12.4. The molecule has 2 aromatic rings. The Hall–Kier alpha value is -1.28. The second-order valence-electron chi connectivity index (χ2n) is 5.44. The average molecular weight is 277 g/mol. The molecular weight excluding hydrogens is 260 g/mol. The summed E-state index contributed by atoms with van der Waals surface area (Å²) in [6.07, 6.45) is 4.33. The van der Waals surface area contributed by atoms with Gasteiger partial charge in [0.05, 0.1) is 0 Å². The Bertz CT molecular complexity index is 614. The van der Waals surface area contributed by atoms with E-state index in [0.717, 1.165) is 23.8 Å². The Morgan fingerprint density at radius 3 is 2.95 bits per heavy atom. The van der Waals surface area contributed by atoms with Crippen molar-refractivity contribution in [3.63, 3.8) is 0 Å². The second-order valence-corrected chi connectivity index (χ2v) is 5.88. The highest BCUT2D eigenvalue weighted by Gasteiger charge is 2.31. The van der Waals surface area contributed by atoms with E-state index in [1.54, 1.807) is 6.07 Å². The molecule has 2 atom stereocenters. The maximum absolute atomic E-state index is 12.4. The predicted octanol–water partition coefficient (Wildman–Crippen LogP) is 5.10. The van der Waals surface area contributed by atoms with Crippen LogP contribution in [0.3, 0.4) is 0 Å². The molecule has 1 fully saturated rings. The predicted molar refractivity (Wildman–Crippen MR) is 76.7 cm³/mol. The van der Waals surface area contributed by atoms with Crippen LogP contribution in [0.4, 0.5) is 0 Å². The lowest BCUT2D eigenvalue weighted by Gasteiger charge is -2.06. The number of benzene rings is 1. The third-order valence-electron chi connectivity index (χ3n) is 4.21. The maximum Gasteiger partial charge on any atom is 0.201 e. The minimum absolute atomic E-state index is 0.140. The first kappa shape index (κ1) is 12.7. The van der Waals surface area contributed by atoms with Gasteiger partial charge in [-0.15, -0.1) is 0 Å². The van der Waals surface area contributed by atoms with Gasteiger partial charge in [-0.1, -0.05) is 24.9 Å². The number of carbonyl (C=O) groups excluding carboxylic acids is 1. The van der Waals surface area contributed by atoms with E-state index in [1.165, 1.54) is 12.8 Å². The van der Waals surface area contributed by atoms with Gasteiger partial charge in [-0.3, -0.25) is 4.79 Å². The van der Waals surface area contributed by atoms with Crippen LogP contribution in [0.5, 0.6) is 0 Å². The number of furan rings is 1. The SMILES string of the molecule is CCC1CCC(C(=O)c2cc3cc(Cl)ccc3o2)C1. The summed E-state index contributed by atoms with van der Waals surface area (Å²) in [6.45, 7) is 2.20. The number of carbonyl (C=O) groups is 1. The quantitative estimate of drug-likeness (QED) is 0.731. The largest absolute Gasteiger partial charge is 0.453 e. The summed E-state index contributed by atoms with van der Waals surface area (Å²) in [5, 5.41) is 1.57. The van der Waals surface area contributed by atoms with E-state index in [9.17, 15) is 4.79 Å². The van der Waals surface area contributed by atoms with Crippen LogP contribution >= 0.6 is 11.6 Å². The second kappa shape index (κ2) is 5.01. The summed E-state index contributed by atoms with van der Waals surface area (Å²) in [7, 11) is 0. The molecule has 19 heavy (non-hydrogen) atoms. The van der Waals surface area contributed by atoms with E-state index in [2.05, 4.69) is 6.92 Å². The molecule has 1 aliphatic rings. The summed E-state index contributed by atoms with van der Waals surface area (Å²) >= 11 is 5.95. The first-order valence-corrected chi connectivity index (χ1v) is 7.28. The van der Waals surface area contributed by atoms with Crippen molar-refractivity contribution in [1.82, 2.24) is 0 Å². The van der Waals surface area contributed by atoms with E-state index >= 15 is 0 Å². The van der Waals surface area contributed by atoms with Crippen LogP contribution in [0.2, 0.25) is 5.02 Å². The van der Waals surface area contributed by atoms with Crippen molar-refractivity contribution >= 4 is 28.4 Å². The van der Waals surface area contributed by atoms with Gasteiger partial charge in [0, 0.05) is 16.3 Å². The minimum Gasteiger partial charge on any atom is -0.453 e. The van der Waals surface area contributed by atoms with Crippen LogP contribution in [0, 0.1) is 11.8 Å². The molecule has 0 bridgehead atoms. The number of hydrogen-bond acceptors (Lipinski definition) is 2. The van der Waals surface area contributed by atoms with Crippen molar-refractivity contribution in [2.75, 3.05) is 0 Å². The summed E-state index contributed by atoms with van der Waals surface area (Å²) in [5.74, 6) is 1.48. The number of Topliss-reactive ketones (excluding diaryl/α,β-unsaturated/α-hetero) is 1. The number of hydrogen-bond donors (Lipinski definition) is 0. The monoisotopic (exact) mass is 276 g/mol. The molecular formula is C16H17ClO2. The fourth-order valence-corrected chi connectivity index (χ4v) is 3.20. The van der Waals surface area contributed by atoms with Gasteiger partial charge < -0.3 is 4.42 Å². The Balaban J connectivity index is 1.86. The normalized spacial score (nSPS) is 23.1. The minimum atomic E-state index is 0.140. The number of rotatable bonds is 3.